The van der Waals surface area contributed by atoms with E-state index in [1.165, 1.54) is 6.08 Å². The van der Waals surface area contributed by atoms with Gasteiger partial charge in [-0.2, -0.15) is 5.26 Å². The van der Waals surface area contributed by atoms with Gasteiger partial charge in [0, 0.05) is 6.08 Å². The van der Waals surface area contributed by atoms with Crippen molar-refractivity contribution in [2.45, 2.75) is 9.29 Å². The van der Waals surface area contributed by atoms with E-state index in [2.05, 4.69) is 5.32 Å². The predicted octanol–water partition coefficient (Wildman–Crippen LogP) is 3.62. The molecule has 0 aliphatic heterocycles. The second-order valence-electron chi connectivity index (χ2n) is 3.48. The molecule has 1 rings (SSSR count). The van der Waals surface area contributed by atoms with Gasteiger partial charge in [-0.25, -0.2) is 0 Å². The third-order valence-corrected chi connectivity index (χ3v) is 3.45. The van der Waals surface area contributed by atoms with Crippen molar-refractivity contribution >= 4 is 58.4 Å². The highest BCUT2D eigenvalue weighted by molar-refractivity contribution is 6.70. The molecule has 0 aliphatic carbocycles. The van der Waals surface area contributed by atoms with Crippen LogP contribution in [0.1, 0.15) is 11.1 Å². The summed E-state index contributed by atoms with van der Waals surface area (Å²) >= 11 is 22.2. The Balaban J connectivity index is 2.61. The molecule has 0 bridgehead atoms. The summed E-state index contributed by atoms with van der Waals surface area (Å²) in [4.78, 5) is 11.5. The average molecular weight is 338 g/mol. The summed E-state index contributed by atoms with van der Waals surface area (Å²) in [6.45, 7) is 0. The van der Waals surface area contributed by atoms with Gasteiger partial charge in [0.1, 0.15) is 0 Å². The number of amides is 1. The normalized spacial score (nSPS) is 13.0. The Kier molecular flexibility index (Phi) is 5.96. The van der Waals surface area contributed by atoms with Crippen LogP contribution in [0.3, 0.4) is 0 Å². The van der Waals surface area contributed by atoms with Gasteiger partial charge in [-0.15, -0.1) is 0 Å². The van der Waals surface area contributed by atoms with Crippen LogP contribution in [-0.2, 0) is 4.79 Å². The minimum Gasteiger partial charge on any atom is -0.333 e. The fourth-order valence-corrected chi connectivity index (χ4v) is 1.37. The average Bonchev–Trinajstić information content (AvgIpc) is 2.35. The van der Waals surface area contributed by atoms with Crippen molar-refractivity contribution in [3.05, 3.63) is 41.5 Å². The van der Waals surface area contributed by atoms with Crippen molar-refractivity contribution in [2.24, 2.45) is 0 Å². The van der Waals surface area contributed by atoms with Gasteiger partial charge >= 0.3 is 0 Å². The van der Waals surface area contributed by atoms with E-state index in [-0.39, 0.29) is 0 Å². The second kappa shape index (κ2) is 7.02. The van der Waals surface area contributed by atoms with Crippen LogP contribution < -0.4 is 5.32 Å². The predicted molar refractivity (Wildman–Crippen MR) is 78.3 cm³/mol. The largest absolute Gasteiger partial charge is 0.333 e. The number of alkyl halides is 4. The van der Waals surface area contributed by atoms with E-state index < -0.39 is 15.2 Å². The Morgan fingerprint density at radius 1 is 1.32 bits per heavy atom. The molecule has 3 nitrogen and oxygen atoms in total. The summed E-state index contributed by atoms with van der Waals surface area (Å²) in [5.41, 5.74) is 0.170. The zero-order valence-electron chi connectivity index (χ0n) is 9.41. The van der Waals surface area contributed by atoms with Crippen LogP contribution in [0.5, 0.6) is 0 Å². The smallest absolute Gasteiger partial charge is 0.245 e. The number of hydrogen-bond acceptors (Lipinski definition) is 2. The highest BCUT2D eigenvalue weighted by Gasteiger charge is 2.31. The molecule has 0 saturated heterocycles. The van der Waals surface area contributed by atoms with Gasteiger partial charge in [-0.3, -0.25) is 4.79 Å². The molecule has 1 aromatic carbocycles. The molecule has 0 aromatic heterocycles. The van der Waals surface area contributed by atoms with Crippen LogP contribution in [0.4, 0.5) is 0 Å². The lowest BCUT2D eigenvalue weighted by molar-refractivity contribution is -0.116. The molecular weight excluding hydrogens is 330 g/mol. The highest BCUT2D eigenvalue weighted by atomic mass is 35.6. The third-order valence-electron chi connectivity index (χ3n) is 2.02. The Morgan fingerprint density at radius 2 is 1.89 bits per heavy atom. The number of halogens is 4. The number of carbonyl (C=O) groups is 1. The van der Waals surface area contributed by atoms with Crippen molar-refractivity contribution in [3.63, 3.8) is 0 Å². The molecule has 1 atom stereocenters. The highest BCUT2D eigenvalue weighted by Crippen LogP contribution is 2.32. The first-order chi connectivity index (χ1) is 8.82. The van der Waals surface area contributed by atoms with E-state index in [9.17, 15) is 4.79 Å². The van der Waals surface area contributed by atoms with E-state index in [0.29, 0.717) is 5.56 Å². The monoisotopic (exact) mass is 336 g/mol. The van der Waals surface area contributed by atoms with Gasteiger partial charge in [0.2, 0.25) is 9.70 Å². The van der Waals surface area contributed by atoms with Crippen molar-refractivity contribution in [2.75, 3.05) is 0 Å². The van der Waals surface area contributed by atoms with Crippen LogP contribution in [-0.4, -0.2) is 15.2 Å². The number of benzene rings is 1. The molecule has 1 N–H and O–H groups in total. The van der Waals surface area contributed by atoms with Crippen LogP contribution >= 0.6 is 46.4 Å². The SMILES string of the molecule is N#Cc1ccc(/C=C/C(=O)NC(Cl)C(Cl)(Cl)Cl)cc1. The molecule has 7 heteroatoms. The van der Waals surface area contributed by atoms with Gasteiger partial charge in [-0.1, -0.05) is 58.5 Å². The summed E-state index contributed by atoms with van der Waals surface area (Å²) in [6, 6.07) is 8.69. The minimum atomic E-state index is -1.78. The number of rotatable bonds is 3. The summed E-state index contributed by atoms with van der Waals surface area (Å²) in [5, 5.41) is 10.9. The molecule has 0 heterocycles. The number of nitriles is 1. The number of nitrogens with one attached hydrogen (secondary N) is 1. The lowest BCUT2D eigenvalue weighted by Gasteiger charge is -2.18. The zero-order valence-corrected chi connectivity index (χ0v) is 12.4. The molecule has 1 aromatic rings. The minimum absolute atomic E-state index is 0.490. The Labute approximate surface area is 130 Å². The second-order valence-corrected chi connectivity index (χ2v) is 6.29. The maximum Gasteiger partial charge on any atom is 0.245 e. The van der Waals surface area contributed by atoms with E-state index in [0.717, 1.165) is 5.56 Å². The molecule has 0 saturated carbocycles. The molecular formula is C12H8Cl4N2O. The van der Waals surface area contributed by atoms with Crippen molar-refractivity contribution in [1.29, 1.82) is 5.26 Å². The summed E-state index contributed by atoms with van der Waals surface area (Å²) in [5.74, 6) is -0.490. The Bertz CT molecular complexity index is 514. The Morgan fingerprint density at radius 3 is 2.37 bits per heavy atom. The van der Waals surface area contributed by atoms with Crippen LogP contribution in [0.2, 0.25) is 0 Å². The van der Waals surface area contributed by atoms with Crippen LogP contribution in [0.15, 0.2) is 30.3 Å². The van der Waals surface area contributed by atoms with Gasteiger partial charge in [0.25, 0.3) is 0 Å². The standard InChI is InChI=1S/C12H8Cl4N2O/c13-11(12(14,15)16)18-10(19)6-5-8-1-3-9(7-17)4-2-8/h1-6,11H,(H,18,19)/b6-5+. The van der Waals surface area contributed by atoms with Gasteiger partial charge < -0.3 is 5.32 Å². The summed E-state index contributed by atoms with van der Waals surface area (Å²) in [7, 11) is 0. The first-order valence-electron chi connectivity index (χ1n) is 5.02. The molecule has 0 aliphatic rings. The van der Waals surface area contributed by atoms with Crippen LogP contribution in [0.25, 0.3) is 6.08 Å². The molecule has 0 spiro atoms. The molecule has 0 fully saturated rings. The van der Waals surface area contributed by atoms with E-state index in [1.54, 1.807) is 30.3 Å². The number of nitrogens with zero attached hydrogens (tertiary/aromatic N) is 1. The quantitative estimate of drug-likeness (QED) is 0.520. The lowest BCUT2D eigenvalue weighted by atomic mass is 10.1. The fraction of sp³-hybridized carbons (Fsp3) is 0.167. The van der Waals surface area contributed by atoms with Gasteiger partial charge in [-0.05, 0) is 23.8 Å². The molecule has 0 radical (unpaired) electrons. The zero-order chi connectivity index (χ0) is 14.5. The molecule has 100 valence electrons. The first kappa shape index (κ1) is 16.1. The van der Waals surface area contributed by atoms with E-state index in [1.807, 2.05) is 6.07 Å². The molecule has 19 heavy (non-hydrogen) atoms. The van der Waals surface area contributed by atoms with Gasteiger partial charge in [0.15, 0.2) is 5.50 Å². The number of hydrogen-bond donors (Lipinski definition) is 1. The van der Waals surface area contributed by atoms with Crippen LogP contribution in [0, 0.1) is 11.3 Å². The first-order valence-corrected chi connectivity index (χ1v) is 6.59. The van der Waals surface area contributed by atoms with E-state index in [4.69, 9.17) is 51.7 Å². The topological polar surface area (TPSA) is 52.9 Å². The maximum absolute atomic E-state index is 11.5. The number of carbonyl (C=O) groups excluding carboxylic acids is 1. The van der Waals surface area contributed by atoms with Crippen molar-refractivity contribution < 1.29 is 4.79 Å². The lowest BCUT2D eigenvalue weighted by Crippen LogP contribution is -2.38. The maximum atomic E-state index is 11.5. The van der Waals surface area contributed by atoms with Crippen molar-refractivity contribution in [1.82, 2.24) is 5.32 Å². The van der Waals surface area contributed by atoms with E-state index >= 15 is 0 Å². The summed E-state index contributed by atoms with van der Waals surface area (Å²) in [6.07, 6.45) is 2.81. The fourth-order valence-electron chi connectivity index (χ4n) is 1.10. The molecule has 1 unspecified atom stereocenters. The molecule has 1 amide bonds. The van der Waals surface area contributed by atoms with Gasteiger partial charge in [0.05, 0.1) is 11.6 Å². The third kappa shape index (κ3) is 5.71. The van der Waals surface area contributed by atoms with Crippen molar-refractivity contribution in [3.8, 4) is 6.07 Å². The summed E-state index contributed by atoms with van der Waals surface area (Å²) < 4.78 is -1.78. The Hall–Kier alpha value is -0.920.